The molecule has 0 atom stereocenters. The fraction of sp³-hybridized carbons (Fsp3) is 0.391. The molecule has 0 radical (unpaired) electrons. The summed E-state index contributed by atoms with van der Waals surface area (Å²) in [5.74, 6) is 2.51. The highest BCUT2D eigenvalue weighted by atomic mass is 32.2. The molecule has 0 aliphatic heterocycles. The average Bonchev–Trinajstić information content (AvgIpc) is 3.58. The van der Waals surface area contributed by atoms with Crippen LogP contribution in [0.25, 0.3) is 0 Å². The minimum absolute atomic E-state index is 0.102. The third-order valence-corrected chi connectivity index (χ3v) is 6.20. The van der Waals surface area contributed by atoms with Crippen molar-refractivity contribution in [3.05, 3.63) is 41.6 Å². The molecule has 0 bridgehead atoms. The van der Waals surface area contributed by atoms with E-state index in [2.05, 4.69) is 25.7 Å². The van der Waals surface area contributed by atoms with Gasteiger partial charge in [-0.05, 0) is 62.7 Å². The van der Waals surface area contributed by atoms with Crippen LogP contribution in [0.2, 0.25) is 0 Å². The molecule has 0 unspecified atom stereocenters. The van der Waals surface area contributed by atoms with Crippen molar-refractivity contribution in [2.75, 3.05) is 42.8 Å². The molecule has 1 aliphatic rings. The molecule has 1 fully saturated rings. The van der Waals surface area contributed by atoms with Gasteiger partial charge in [0.15, 0.2) is 11.0 Å². The van der Waals surface area contributed by atoms with E-state index < -0.39 is 0 Å². The van der Waals surface area contributed by atoms with E-state index in [0.717, 1.165) is 40.5 Å². The summed E-state index contributed by atoms with van der Waals surface area (Å²) >= 11 is 1.47. The van der Waals surface area contributed by atoms with E-state index in [1.54, 1.807) is 7.11 Å². The molecular weight excluding hydrogens is 438 g/mol. The predicted octanol–water partition coefficient (Wildman–Crippen LogP) is 4.14. The number of likely N-dealkylation sites (N-methyl/N-ethyl adjacent to an activating group) is 1. The van der Waals surface area contributed by atoms with Gasteiger partial charge >= 0.3 is 0 Å². The number of ether oxygens (including phenoxy) is 1. The molecule has 3 aromatic rings. The Balaban J connectivity index is 1.56. The smallest absolute Gasteiger partial charge is 0.227 e. The summed E-state index contributed by atoms with van der Waals surface area (Å²) < 4.78 is 5.24. The first-order chi connectivity index (χ1) is 15.9. The number of aryl methyl sites for hydroxylation is 1. The topological polar surface area (TPSA) is 108 Å². The fourth-order valence-electron chi connectivity index (χ4n) is 3.26. The van der Waals surface area contributed by atoms with E-state index in [1.807, 2.05) is 51.2 Å². The Morgan fingerprint density at radius 2 is 2.00 bits per heavy atom. The molecule has 3 N–H and O–H groups in total. The van der Waals surface area contributed by atoms with Crippen molar-refractivity contribution in [3.63, 3.8) is 0 Å². The fourth-order valence-corrected chi connectivity index (χ4v) is 4.01. The number of aromatic amines is 1. The highest BCUT2D eigenvalue weighted by Crippen LogP contribution is 2.33. The standard InChI is InChI=1S/C23H29N7O2S/c1-14-13-19(29-28-14)25-20-15(2)21(30(3)11-12-32-4)27-23(26-20)33-18-9-7-17(8-10-18)24-22(31)16-5-6-16/h7-10,13,16H,5-6,11-12H2,1-4H3,(H,24,31)(H2,25,26,27,28,29). The Labute approximate surface area is 197 Å². The number of amides is 1. The molecule has 0 spiro atoms. The highest BCUT2D eigenvalue weighted by molar-refractivity contribution is 7.99. The van der Waals surface area contributed by atoms with Gasteiger partial charge in [-0.2, -0.15) is 5.10 Å². The van der Waals surface area contributed by atoms with Crippen LogP contribution < -0.4 is 15.5 Å². The number of nitrogens with zero attached hydrogens (tertiary/aromatic N) is 4. The van der Waals surface area contributed by atoms with Crippen molar-refractivity contribution in [1.82, 2.24) is 20.2 Å². The molecule has 9 nitrogen and oxygen atoms in total. The maximum absolute atomic E-state index is 12.0. The summed E-state index contributed by atoms with van der Waals surface area (Å²) in [5.41, 5.74) is 2.69. The number of anilines is 4. The molecule has 0 saturated heterocycles. The number of hydrogen-bond acceptors (Lipinski definition) is 8. The van der Waals surface area contributed by atoms with Gasteiger partial charge in [0.05, 0.1) is 6.61 Å². The predicted molar refractivity (Wildman–Crippen MR) is 130 cm³/mol. The van der Waals surface area contributed by atoms with E-state index in [1.165, 1.54) is 11.8 Å². The second-order valence-electron chi connectivity index (χ2n) is 8.17. The Morgan fingerprint density at radius 3 is 2.64 bits per heavy atom. The first-order valence-corrected chi connectivity index (χ1v) is 11.7. The van der Waals surface area contributed by atoms with Crippen LogP contribution in [-0.4, -0.2) is 53.4 Å². The SMILES string of the molecule is COCCN(C)c1nc(Sc2ccc(NC(=O)C3CC3)cc2)nc(Nc2cc(C)[nH]n2)c1C. The molecule has 2 heterocycles. The van der Waals surface area contributed by atoms with Crippen LogP contribution in [-0.2, 0) is 9.53 Å². The van der Waals surface area contributed by atoms with E-state index >= 15 is 0 Å². The van der Waals surface area contributed by atoms with Gasteiger partial charge in [0, 0.05) is 54.5 Å². The van der Waals surface area contributed by atoms with Crippen LogP contribution >= 0.6 is 11.8 Å². The quantitative estimate of drug-likeness (QED) is 0.382. The Hall–Kier alpha value is -3.11. The van der Waals surface area contributed by atoms with Crippen LogP contribution in [0.4, 0.5) is 23.1 Å². The van der Waals surface area contributed by atoms with Gasteiger partial charge in [-0.15, -0.1) is 0 Å². The number of benzene rings is 1. The van der Waals surface area contributed by atoms with Gasteiger partial charge in [0.1, 0.15) is 11.6 Å². The van der Waals surface area contributed by atoms with Gasteiger partial charge in [-0.3, -0.25) is 9.89 Å². The first-order valence-electron chi connectivity index (χ1n) is 10.9. The summed E-state index contributed by atoms with van der Waals surface area (Å²) in [6, 6.07) is 9.68. The molecule has 4 rings (SSSR count). The normalized spacial score (nSPS) is 13.1. The molecule has 1 saturated carbocycles. The van der Waals surface area contributed by atoms with Gasteiger partial charge < -0.3 is 20.3 Å². The van der Waals surface area contributed by atoms with E-state index in [9.17, 15) is 4.79 Å². The third kappa shape index (κ3) is 6.02. The van der Waals surface area contributed by atoms with Crippen molar-refractivity contribution in [3.8, 4) is 0 Å². The number of carbonyl (C=O) groups excluding carboxylic acids is 1. The largest absolute Gasteiger partial charge is 0.383 e. The number of nitrogens with one attached hydrogen (secondary N) is 3. The van der Waals surface area contributed by atoms with E-state index in [0.29, 0.717) is 29.9 Å². The van der Waals surface area contributed by atoms with Crippen molar-refractivity contribution in [2.24, 2.45) is 5.92 Å². The number of H-pyrrole nitrogens is 1. The maximum atomic E-state index is 12.0. The van der Waals surface area contributed by atoms with E-state index in [-0.39, 0.29) is 11.8 Å². The van der Waals surface area contributed by atoms with Crippen molar-refractivity contribution >= 4 is 40.8 Å². The molecule has 33 heavy (non-hydrogen) atoms. The zero-order chi connectivity index (χ0) is 23.4. The lowest BCUT2D eigenvalue weighted by Gasteiger charge is -2.22. The first kappa shape index (κ1) is 23.1. The van der Waals surface area contributed by atoms with Crippen molar-refractivity contribution in [2.45, 2.75) is 36.7 Å². The molecular formula is C23H29N7O2S. The number of aromatic nitrogens is 4. The molecule has 10 heteroatoms. The van der Waals surface area contributed by atoms with Crippen molar-refractivity contribution < 1.29 is 9.53 Å². The van der Waals surface area contributed by atoms with E-state index in [4.69, 9.17) is 14.7 Å². The zero-order valence-corrected chi connectivity index (χ0v) is 20.1. The molecule has 174 valence electrons. The zero-order valence-electron chi connectivity index (χ0n) is 19.3. The van der Waals surface area contributed by atoms with Crippen molar-refractivity contribution in [1.29, 1.82) is 0 Å². The number of methoxy groups -OCH3 is 1. The minimum Gasteiger partial charge on any atom is -0.383 e. The second kappa shape index (κ2) is 10.2. The van der Waals surface area contributed by atoms with Crippen LogP contribution in [0, 0.1) is 19.8 Å². The minimum atomic E-state index is 0.102. The highest BCUT2D eigenvalue weighted by Gasteiger charge is 2.29. The Morgan fingerprint density at radius 1 is 1.24 bits per heavy atom. The summed E-state index contributed by atoms with van der Waals surface area (Å²) in [6.45, 7) is 5.24. The number of rotatable bonds is 10. The Bertz CT molecular complexity index is 1110. The van der Waals surface area contributed by atoms with Gasteiger partial charge in [-0.25, -0.2) is 9.97 Å². The molecule has 2 aromatic heterocycles. The summed E-state index contributed by atoms with van der Waals surface area (Å²) in [7, 11) is 3.67. The van der Waals surface area contributed by atoms with Crippen LogP contribution in [0.3, 0.4) is 0 Å². The molecule has 1 amide bonds. The number of hydrogen-bond donors (Lipinski definition) is 3. The second-order valence-corrected chi connectivity index (χ2v) is 9.21. The van der Waals surface area contributed by atoms with Gasteiger partial charge in [0.2, 0.25) is 5.91 Å². The summed E-state index contributed by atoms with van der Waals surface area (Å²) in [6.07, 6.45) is 1.97. The monoisotopic (exact) mass is 467 g/mol. The lowest BCUT2D eigenvalue weighted by atomic mass is 10.3. The van der Waals surface area contributed by atoms with Gasteiger partial charge in [-0.1, -0.05) is 0 Å². The maximum Gasteiger partial charge on any atom is 0.227 e. The molecule has 1 aromatic carbocycles. The third-order valence-electron chi connectivity index (χ3n) is 5.32. The summed E-state index contributed by atoms with van der Waals surface area (Å²) in [5, 5.41) is 14.1. The average molecular weight is 468 g/mol. The summed E-state index contributed by atoms with van der Waals surface area (Å²) in [4.78, 5) is 24.6. The van der Waals surface area contributed by atoms with Crippen LogP contribution in [0.5, 0.6) is 0 Å². The Kier molecular flexibility index (Phi) is 7.14. The van der Waals surface area contributed by atoms with Gasteiger partial charge in [0.25, 0.3) is 0 Å². The van der Waals surface area contributed by atoms with Crippen LogP contribution in [0.15, 0.2) is 40.4 Å². The number of carbonyl (C=O) groups is 1. The lowest BCUT2D eigenvalue weighted by molar-refractivity contribution is -0.117. The molecule has 1 aliphatic carbocycles. The van der Waals surface area contributed by atoms with Crippen LogP contribution in [0.1, 0.15) is 24.1 Å². The lowest BCUT2D eigenvalue weighted by Crippen LogP contribution is -2.24.